The number of amides is 1. The molecule has 3 rings (SSSR count). The quantitative estimate of drug-likeness (QED) is 0.870. The Balaban J connectivity index is 2.02. The van der Waals surface area contributed by atoms with Crippen LogP contribution in [0.1, 0.15) is 27.7 Å². The molecule has 2 aromatic rings. The van der Waals surface area contributed by atoms with E-state index in [9.17, 15) is 18.0 Å². The molecule has 1 aliphatic heterocycles. The van der Waals surface area contributed by atoms with E-state index in [1.807, 2.05) is 0 Å². The summed E-state index contributed by atoms with van der Waals surface area (Å²) < 4.78 is 38.1. The highest BCUT2D eigenvalue weighted by Crippen LogP contribution is 2.37. The maximum absolute atomic E-state index is 12.7. The third kappa shape index (κ3) is 2.53. The Bertz CT molecular complexity index is 789. The number of rotatable bonds is 1. The molecule has 5 nitrogen and oxygen atoms in total. The SMILES string of the molecule is CN1C(=O)c2cc(N)cnc2N(C)C1c1ccc(C(F)(F)F)cc1. The van der Waals surface area contributed by atoms with Crippen molar-refractivity contribution < 1.29 is 18.0 Å². The summed E-state index contributed by atoms with van der Waals surface area (Å²) in [5.74, 6) is 0.157. The average molecular weight is 336 g/mol. The van der Waals surface area contributed by atoms with Crippen LogP contribution < -0.4 is 10.6 Å². The zero-order chi connectivity index (χ0) is 17.6. The zero-order valence-corrected chi connectivity index (χ0v) is 13.0. The Morgan fingerprint density at radius 2 is 1.75 bits per heavy atom. The first-order valence-electron chi connectivity index (χ1n) is 7.13. The van der Waals surface area contributed by atoms with Gasteiger partial charge in [0.15, 0.2) is 0 Å². The Labute approximate surface area is 136 Å². The minimum Gasteiger partial charge on any atom is -0.397 e. The largest absolute Gasteiger partial charge is 0.416 e. The number of carbonyl (C=O) groups is 1. The lowest BCUT2D eigenvalue weighted by molar-refractivity contribution is -0.137. The molecule has 1 aromatic carbocycles. The van der Waals surface area contributed by atoms with Gasteiger partial charge in [-0.1, -0.05) is 12.1 Å². The van der Waals surface area contributed by atoms with E-state index < -0.39 is 17.9 Å². The molecule has 0 fully saturated rings. The highest BCUT2D eigenvalue weighted by Gasteiger charge is 2.36. The van der Waals surface area contributed by atoms with E-state index in [0.717, 1.165) is 12.1 Å². The van der Waals surface area contributed by atoms with E-state index in [4.69, 9.17) is 5.73 Å². The minimum absolute atomic E-state index is 0.284. The topological polar surface area (TPSA) is 62.5 Å². The Morgan fingerprint density at radius 3 is 2.33 bits per heavy atom. The zero-order valence-electron chi connectivity index (χ0n) is 13.0. The molecule has 0 saturated carbocycles. The molecule has 1 amide bonds. The van der Waals surface area contributed by atoms with Gasteiger partial charge in [-0.2, -0.15) is 13.2 Å². The molecule has 1 atom stereocenters. The van der Waals surface area contributed by atoms with E-state index in [-0.39, 0.29) is 5.91 Å². The second-order valence-corrected chi connectivity index (χ2v) is 5.66. The van der Waals surface area contributed by atoms with Crippen molar-refractivity contribution in [3.05, 3.63) is 53.2 Å². The van der Waals surface area contributed by atoms with Crippen LogP contribution >= 0.6 is 0 Å². The number of alkyl halides is 3. The lowest BCUT2D eigenvalue weighted by Crippen LogP contribution is -2.46. The maximum atomic E-state index is 12.7. The van der Waals surface area contributed by atoms with Crippen LogP contribution in [-0.2, 0) is 6.18 Å². The Hall–Kier alpha value is -2.77. The summed E-state index contributed by atoms with van der Waals surface area (Å²) in [6.45, 7) is 0. The van der Waals surface area contributed by atoms with Crippen molar-refractivity contribution in [2.24, 2.45) is 0 Å². The van der Waals surface area contributed by atoms with Gasteiger partial charge in [0.1, 0.15) is 12.0 Å². The molecule has 8 heteroatoms. The van der Waals surface area contributed by atoms with Crippen LogP contribution in [0.15, 0.2) is 36.5 Å². The van der Waals surface area contributed by atoms with Crippen LogP contribution in [0, 0.1) is 0 Å². The third-order valence-electron chi connectivity index (χ3n) is 4.04. The number of benzene rings is 1. The van der Waals surface area contributed by atoms with Crippen molar-refractivity contribution in [3.63, 3.8) is 0 Å². The first kappa shape index (κ1) is 16.1. The summed E-state index contributed by atoms with van der Waals surface area (Å²) in [5, 5.41) is 0. The summed E-state index contributed by atoms with van der Waals surface area (Å²) >= 11 is 0. The highest BCUT2D eigenvalue weighted by atomic mass is 19.4. The number of nitrogens with zero attached hydrogens (tertiary/aromatic N) is 3. The number of nitrogen functional groups attached to an aromatic ring is 1. The highest BCUT2D eigenvalue weighted by molar-refractivity contribution is 6.01. The van der Waals surface area contributed by atoms with Gasteiger partial charge in [-0.05, 0) is 23.8 Å². The number of nitrogens with two attached hydrogens (primary N) is 1. The normalized spacial score (nSPS) is 17.9. The fraction of sp³-hybridized carbons (Fsp3) is 0.250. The molecule has 1 aromatic heterocycles. The number of pyridine rings is 1. The third-order valence-corrected chi connectivity index (χ3v) is 4.04. The molecule has 1 unspecified atom stereocenters. The number of hydrogen-bond donors (Lipinski definition) is 1. The van der Waals surface area contributed by atoms with Gasteiger partial charge in [-0.25, -0.2) is 4.98 Å². The second kappa shape index (κ2) is 5.40. The van der Waals surface area contributed by atoms with Crippen LogP contribution in [0.3, 0.4) is 0 Å². The molecule has 0 spiro atoms. The van der Waals surface area contributed by atoms with E-state index in [0.29, 0.717) is 22.6 Å². The lowest BCUT2D eigenvalue weighted by Gasteiger charge is -2.41. The predicted octanol–water partition coefficient (Wildman–Crippen LogP) is 2.90. The summed E-state index contributed by atoms with van der Waals surface area (Å²) in [5.41, 5.74) is 6.25. The van der Waals surface area contributed by atoms with Gasteiger partial charge in [-0.3, -0.25) is 4.79 Å². The smallest absolute Gasteiger partial charge is 0.397 e. The van der Waals surface area contributed by atoms with Gasteiger partial charge in [0.05, 0.1) is 23.0 Å². The van der Waals surface area contributed by atoms with Crippen molar-refractivity contribution >= 4 is 17.4 Å². The van der Waals surface area contributed by atoms with Crippen LogP contribution in [-0.4, -0.2) is 29.9 Å². The molecular formula is C16H15F3N4O. The molecule has 2 heterocycles. The number of hydrogen-bond acceptors (Lipinski definition) is 4. The van der Waals surface area contributed by atoms with E-state index in [1.54, 1.807) is 25.1 Å². The van der Waals surface area contributed by atoms with Gasteiger partial charge < -0.3 is 15.5 Å². The fourth-order valence-corrected chi connectivity index (χ4v) is 2.88. The van der Waals surface area contributed by atoms with Crippen LogP contribution in [0.5, 0.6) is 0 Å². The summed E-state index contributed by atoms with van der Waals surface area (Å²) in [6.07, 6.45) is -3.51. The first-order valence-corrected chi connectivity index (χ1v) is 7.13. The molecule has 0 radical (unpaired) electrons. The van der Waals surface area contributed by atoms with Crippen molar-refractivity contribution in [2.45, 2.75) is 12.3 Å². The van der Waals surface area contributed by atoms with Gasteiger partial charge in [-0.15, -0.1) is 0 Å². The summed E-state index contributed by atoms with van der Waals surface area (Å²) in [7, 11) is 3.32. The standard InChI is InChI=1S/C16H15F3N4O/c1-22-13-12(7-11(20)8-21-13)15(24)23(2)14(22)9-3-5-10(6-4-9)16(17,18)19/h3-8,14H,20H2,1-2H3. The second-order valence-electron chi connectivity index (χ2n) is 5.66. The van der Waals surface area contributed by atoms with Crippen molar-refractivity contribution in [1.29, 1.82) is 0 Å². The van der Waals surface area contributed by atoms with E-state index >= 15 is 0 Å². The lowest BCUT2D eigenvalue weighted by atomic mass is 10.0. The summed E-state index contributed by atoms with van der Waals surface area (Å²) in [6, 6.07) is 6.30. The molecule has 2 N–H and O–H groups in total. The number of anilines is 2. The van der Waals surface area contributed by atoms with Gasteiger partial charge in [0.25, 0.3) is 5.91 Å². The average Bonchev–Trinajstić information content (AvgIpc) is 2.52. The van der Waals surface area contributed by atoms with Gasteiger partial charge >= 0.3 is 6.18 Å². The monoisotopic (exact) mass is 336 g/mol. The van der Waals surface area contributed by atoms with Crippen molar-refractivity contribution in [2.75, 3.05) is 24.7 Å². The molecule has 0 saturated heterocycles. The van der Waals surface area contributed by atoms with E-state index in [1.165, 1.54) is 23.2 Å². The van der Waals surface area contributed by atoms with Crippen LogP contribution in [0.2, 0.25) is 0 Å². The van der Waals surface area contributed by atoms with Crippen molar-refractivity contribution in [3.8, 4) is 0 Å². The first-order chi connectivity index (χ1) is 11.2. The molecule has 0 bridgehead atoms. The van der Waals surface area contributed by atoms with Crippen molar-refractivity contribution in [1.82, 2.24) is 9.88 Å². The number of halogens is 3. The predicted molar refractivity (Wildman–Crippen MR) is 83.3 cm³/mol. The van der Waals surface area contributed by atoms with Crippen LogP contribution in [0.25, 0.3) is 0 Å². The number of aromatic nitrogens is 1. The maximum Gasteiger partial charge on any atom is 0.416 e. The molecule has 0 aliphatic carbocycles. The van der Waals surface area contributed by atoms with Gasteiger partial charge in [0, 0.05) is 14.1 Å². The minimum atomic E-state index is -4.40. The molecule has 126 valence electrons. The number of carbonyl (C=O) groups excluding carboxylic acids is 1. The molecule has 1 aliphatic rings. The molecule has 24 heavy (non-hydrogen) atoms. The fourth-order valence-electron chi connectivity index (χ4n) is 2.88. The Morgan fingerprint density at radius 1 is 1.12 bits per heavy atom. The van der Waals surface area contributed by atoms with Crippen LogP contribution in [0.4, 0.5) is 24.7 Å². The van der Waals surface area contributed by atoms with E-state index in [2.05, 4.69) is 4.98 Å². The molecular weight excluding hydrogens is 321 g/mol. The van der Waals surface area contributed by atoms with Gasteiger partial charge in [0.2, 0.25) is 0 Å². The number of fused-ring (bicyclic) bond motifs is 1. The summed E-state index contributed by atoms with van der Waals surface area (Å²) in [4.78, 5) is 19.9. The Kier molecular flexibility index (Phi) is 3.62.